The van der Waals surface area contributed by atoms with Crippen LogP contribution in [-0.4, -0.2) is 11.1 Å². The minimum Gasteiger partial charge on any atom is -0.481 e. The van der Waals surface area contributed by atoms with Crippen molar-refractivity contribution in [2.24, 2.45) is 17.8 Å². The quantitative estimate of drug-likeness (QED) is 0.679. The molecule has 0 heterocycles. The van der Waals surface area contributed by atoms with Crippen molar-refractivity contribution >= 4 is 5.97 Å². The molecule has 74 valence electrons. The fraction of sp³-hybridized carbons (Fsp3) is 0.727. The summed E-state index contributed by atoms with van der Waals surface area (Å²) >= 11 is 0. The molecule has 3 atom stereocenters. The summed E-state index contributed by atoms with van der Waals surface area (Å²) in [5, 5.41) is 8.75. The first-order chi connectivity index (χ1) is 6.15. The van der Waals surface area contributed by atoms with Gasteiger partial charge in [0, 0.05) is 6.42 Å². The molecule has 2 heteroatoms. The van der Waals surface area contributed by atoms with Gasteiger partial charge in [0.1, 0.15) is 0 Å². The van der Waals surface area contributed by atoms with E-state index in [0.717, 1.165) is 6.42 Å². The third kappa shape index (κ3) is 2.58. The minimum atomic E-state index is -0.659. The molecule has 1 aliphatic rings. The molecule has 2 nitrogen and oxygen atoms in total. The van der Waals surface area contributed by atoms with Crippen LogP contribution in [-0.2, 0) is 4.79 Å². The largest absolute Gasteiger partial charge is 0.481 e. The Morgan fingerprint density at radius 1 is 1.62 bits per heavy atom. The lowest BCUT2D eigenvalue weighted by atomic mass is 9.86. The van der Waals surface area contributed by atoms with Gasteiger partial charge in [-0.1, -0.05) is 19.4 Å². The molecule has 2 unspecified atom stereocenters. The zero-order chi connectivity index (χ0) is 9.84. The fourth-order valence-electron chi connectivity index (χ4n) is 2.45. The van der Waals surface area contributed by atoms with Gasteiger partial charge in [-0.3, -0.25) is 4.79 Å². The molecule has 1 rings (SSSR count). The Hall–Kier alpha value is -0.790. The van der Waals surface area contributed by atoms with E-state index >= 15 is 0 Å². The molecule has 0 aromatic heterocycles. The van der Waals surface area contributed by atoms with E-state index in [1.165, 1.54) is 12.8 Å². The highest BCUT2D eigenvalue weighted by Crippen LogP contribution is 2.40. The maximum Gasteiger partial charge on any atom is 0.303 e. The predicted octanol–water partition coefficient (Wildman–Crippen LogP) is 2.70. The third-order valence-corrected chi connectivity index (χ3v) is 3.21. The van der Waals surface area contributed by atoms with Crippen LogP contribution in [0.15, 0.2) is 12.7 Å². The van der Waals surface area contributed by atoms with Crippen molar-refractivity contribution in [3.8, 4) is 0 Å². The number of hydrogen-bond donors (Lipinski definition) is 1. The van der Waals surface area contributed by atoms with Gasteiger partial charge in [0.05, 0.1) is 0 Å². The Balaban J connectivity index is 2.54. The summed E-state index contributed by atoms with van der Waals surface area (Å²) in [5.41, 5.74) is 0. The van der Waals surface area contributed by atoms with Crippen molar-refractivity contribution in [2.45, 2.75) is 32.6 Å². The first-order valence-corrected chi connectivity index (χ1v) is 4.97. The van der Waals surface area contributed by atoms with Crippen molar-refractivity contribution in [3.05, 3.63) is 12.7 Å². The molecule has 0 amide bonds. The van der Waals surface area contributed by atoms with E-state index in [2.05, 4.69) is 13.5 Å². The predicted molar refractivity (Wildman–Crippen MR) is 52.4 cm³/mol. The summed E-state index contributed by atoms with van der Waals surface area (Å²) in [6.07, 6.45) is 5.57. The van der Waals surface area contributed by atoms with Crippen LogP contribution in [0.25, 0.3) is 0 Å². The highest BCUT2D eigenvalue weighted by atomic mass is 16.4. The van der Waals surface area contributed by atoms with Gasteiger partial charge in [-0.25, -0.2) is 0 Å². The van der Waals surface area contributed by atoms with Gasteiger partial charge < -0.3 is 5.11 Å². The van der Waals surface area contributed by atoms with Crippen LogP contribution >= 0.6 is 0 Å². The molecule has 1 aliphatic carbocycles. The second-order valence-electron chi connectivity index (χ2n) is 4.10. The molecular formula is C11H18O2. The van der Waals surface area contributed by atoms with Crippen LogP contribution in [0.3, 0.4) is 0 Å². The van der Waals surface area contributed by atoms with E-state index < -0.39 is 5.97 Å². The summed E-state index contributed by atoms with van der Waals surface area (Å²) in [5.74, 6) is 0.841. The number of carboxylic acid groups (broad SMARTS) is 1. The van der Waals surface area contributed by atoms with Crippen molar-refractivity contribution in [3.63, 3.8) is 0 Å². The monoisotopic (exact) mass is 182 g/mol. The van der Waals surface area contributed by atoms with Gasteiger partial charge in [-0.2, -0.15) is 0 Å². The molecule has 0 aliphatic heterocycles. The molecule has 1 N–H and O–H groups in total. The van der Waals surface area contributed by atoms with Gasteiger partial charge in [-0.15, -0.1) is 6.58 Å². The number of aliphatic carboxylic acids is 1. The lowest BCUT2D eigenvalue weighted by Gasteiger charge is -2.19. The molecule has 0 aromatic carbocycles. The zero-order valence-corrected chi connectivity index (χ0v) is 8.20. The third-order valence-electron chi connectivity index (χ3n) is 3.21. The SMILES string of the molecule is C=CCC1CCC(C)[C@H]1CC(=O)O. The molecule has 0 aromatic rings. The van der Waals surface area contributed by atoms with E-state index in [9.17, 15) is 4.79 Å². The summed E-state index contributed by atoms with van der Waals surface area (Å²) in [4.78, 5) is 10.6. The first-order valence-electron chi connectivity index (χ1n) is 4.97. The van der Waals surface area contributed by atoms with Crippen LogP contribution in [0.5, 0.6) is 0 Å². The fourth-order valence-corrected chi connectivity index (χ4v) is 2.45. The Bertz CT molecular complexity index is 198. The van der Waals surface area contributed by atoms with Gasteiger partial charge in [0.25, 0.3) is 0 Å². The summed E-state index contributed by atoms with van der Waals surface area (Å²) in [6.45, 7) is 5.88. The van der Waals surface area contributed by atoms with Crippen LogP contribution in [0.2, 0.25) is 0 Å². The van der Waals surface area contributed by atoms with Gasteiger partial charge >= 0.3 is 5.97 Å². The lowest BCUT2D eigenvalue weighted by Crippen LogP contribution is -2.17. The Kier molecular flexibility index (Phi) is 3.52. The van der Waals surface area contributed by atoms with E-state index in [-0.39, 0.29) is 0 Å². The molecular weight excluding hydrogens is 164 g/mol. The number of hydrogen-bond acceptors (Lipinski definition) is 1. The van der Waals surface area contributed by atoms with Gasteiger partial charge in [0.2, 0.25) is 0 Å². The van der Waals surface area contributed by atoms with Gasteiger partial charge in [0.15, 0.2) is 0 Å². The number of carboxylic acids is 1. The molecule has 0 radical (unpaired) electrons. The van der Waals surface area contributed by atoms with Crippen molar-refractivity contribution in [1.82, 2.24) is 0 Å². The summed E-state index contributed by atoms with van der Waals surface area (Å²) < 4.78 is 0. The van der Waals surface area contributed by atoms with E-state index in [0.29, 0.717) is 24.2 Å². The Labute approximate surface area is 79.6 Å². The van der Waals surface area contributed by atoms with E-state index in [1.807, 2.05) is 6.08 Å². The molecule has 0 bridgehead atoms. The Morgan fingerprint density at radius 2 is 2.31 bits per heavy atom. The highest BCUT2D eigenvalue weighted by Gasteiger charge is 2.33. The van der Waals surface area contributed by atoms with Crippen LogP contribution in [0.4, 0.5) is 0 Å². The molecule has 1 fully saturated rings. The van der Waals surface area contributed by atoms with Crippen molar-refractivity contribution in [2.75, 3.05) is 0 Å². The topological polar surface area (TPSA) is 37.3 Å². The lowest BCUT2D eigenvalue weighted by molar-refractivity contribution is -0.138. The van der Waals surface area contributed by atoms with Crippen molar-refractivity contribution in [1.29, 1.82) is 0 Å². The molecule has 0 spiro atoms. The summed E-state index contributed by atoms with van der Waals surface area (Å²) in [7, 11) is 0. The molecule has 13 heavy (non-hydrogen) atoms. The van der Waals surface area contributed by atoms with E-state index in [1.54, 1.807) is 0 Å². The average Bonchev–Trinajstić information content (AvgIpc) is 2.36. The van der Waals surface area contributed by atoms with Crippen LogP contribution in [0.1, 0.15) is 32.6 Å². The maximum atomic E-state index is 10.6. The minimum absolute atomic E-state index is 0.333. The standard InChI is InChI=1S/C11H18O2/c1-3-4-9-6-5-8(2)10(9)7-11(12)13/h3,8-10H,1,4-7H2,2H3,(H,12,13)/t8?,9?,10-/m1/s1. The number of rotatable bonds is 4. The smallest absolute Gasteiger partial charge is 0.303 e. The first kappa shape index (κ1) is 10.3. The molecule has 0 saturated heterocycles. The molecule has 1 saturated carbocycles. The van der Waals surface area contributed by atoms with Crippen molar-refractivity contribution < 1.29 is 9.90 Å². The van der Waals surface area contributed by atoms with Crippen LogP contribution in [0, 0.1) is 17.8 Å². The van der Waals surface area contributed by atoms with Crippen LogP contribution < -0.4 is 0 Å². The highest BCUT2D eigenvalue weighted by molar-refractivity contribution is 5.67. The summed E-state index contributed by atoms with van der Waals surface area (Å²) in [6, 6.07) is 0. The number of carbonyl (C=O) groups is 1. The second-order valence-corrected chi connectivity index (χ2v) is 4.10. The van der Waals surface area contributed by atoms with E-state index in [4.69, 9.17) is 5.11 Å². The number of allylic oxidation sites excluding steroid dienone is 1. The second kappa shape index (κ2) is 4.45. The van der Waals surface area contributed by atoms with Gasteiger partial charge in [-0.05, 0) is 30.6 Å². The normalized spacial score (nSPS) is 33.2. The zero-order valence-electron chi connectivity index (χ0n) is 8.20. The maximum absolute atomic E-state index is 10.6. The average molecular weight is 182 g/mol. The Morgan fingerprint density at radius 3 is 2.85 bits per heavy atom.